The molecule has 1 aliphatic heterocycles. The van der Waals surface area contributed by atoms with Crippen molar-refractivity contribution in [3.05, 3.63) is 71.8 Å². The summed E-state index contributed by atoms with van der Waals surface area (Å²) in [6.45, 7) is 8.46. The first kappa shape index (κ1) is 19.2. The maximum atomic E-state index is 13.6. The van der Waals surface area contributed by atoms with Crippen LogP contribution in [0.3, 0.4) is 0 Å². The van der Waals surface area contributed by atoms with Crippen LogP contribution in [0.2, 0.25) is 0 Å². The van der Waals surface area contributed by atoms with Crippen LogP contribution in [-0.4, -0.2) is 34.9 Å². The van der Waals surface area contributed by atoms with E-state index in [1.54, 1.807) is 0 Å². The molecule has 2 aromatic rings. The zero-order valence-electron chi connectivity index (χ0n) is 16.6. The van der Waals surface area contributed by atoms with Gasteiger partial charge in [-0.2, -0.15) is 0 Å². The van der Waals surface area contributed by atoms with Gasteiger partial charge < -0.3 is 9.64 Å². The number of ether oxygens (including phenoxy) is 1. The second-order valence-electron chi connectivity index (χ2n) is 7.29. The molecule has 0 unspecified atom stereocenters. The molecule has 4 heteroatoms. The lowest BCUT2D eigenvalue weighted by molar-refractivity contribution is -0.141. The molecule has 0 spiro atoms. The summed E-state index contributed by atoms with van der Waals surface area (Å²) >= 11 is 0. The Morgan fingerprint density at radius 2 is 1.70 bits per heavy atom. The molecule has 0 fully saturated rings. The van der Waals surface area contributed by atoms with Crippen molar-refractivity contribution in [3.8, 4) is 0 Å². The van der Waals surface area contributed by atoms with Gasteiger partial charge in [0.15, 0.2) is 0 Å². The summed E-state index contributed by atoms with van der Waals surface area (Å²) < 4.78 is 5.85. The summed E-state index contributed by atoms with van der Waals surface area (Å²) in [5, 5.41) is 0. The molecule has 142 valence electrons. The first-order valence-corrected chi connectivity index (χ1v) is 9.60. The van der Waals surface area contributed by atoms with Crippen LogP contribution in [0.15, 0.2) is 65.7 Å². The number of carbonyl (C=O) groups is 1. The molecule has 0 bridgehead atoms. The predicted octanol–water partition coefficient (Wildman–Crippen LogP) is 4.41. The van der Waals surface area contributed by atoms with Crippen molar-refractivity contribution < 1.29 is 9.53 Å². The minimum atomic E-state index is -0.874. The fraction of sp³-hybridized carbons (Fsp3) is 0.391. The third-order valence-electron chi connectivity index (χ3n) is 5.21. The zero-order valence-corrected chi connectivity index (χ0v) is 16.6. The van der Waals surface area contributed by atoms with Crippen molar-refractivity contribution in [2.75, 3.05) is 6.61 Å². The van der Waals surface area contributed by atoms with Crippen LogP contribution < -0.4 is 0 Å². The zero-order chi connectivity index (χ0) is 19.4. The lowest BCUT2D eigenvalue weighted by Crippen LogP contribution is -2.58. The van der Waals surface area contributed by atoms with Crippen molar-refractivity contribution in [1.29, 1.82) is 0 Å². The Morgan fingerprint density at radius 1 is 1.11 bits per heavy atom. The number of hydrogen-bond acceptors (Lipinski definition) is 3. The Balaban J connectivity index is 2.00. The molecule has 0 saturated heterocycles. The molecule has 0 aliphatic carbocycles. The highest BCUT2D eigenvalue weighted by Crippen LogP contribution is 2.33. The third kappa shape index (κ3) is 3.90. The summed E-state index contributed by atoms with van der Waals surface area (Å²) in [6, 6.07) is 19.9. The topological polar surface area (TPSA) is 41.9 Å². The molecule has 4 nitrogen and oxygen atoms in total. The van der Waals surface area contributed by atoms with Gasteiger partial charge in [0.05, 0.1) is 12.6 Å². The number of rotatable bonds is 5. The minimum Gasteiger partial charge on any atom is -0.480 e. The molecular weight excluding hydrogens is 336 g/mol. The van der Waals surface area contributed by atoms with Gasteiger partial charge in [0.25, 0.3) is 5.91 Å². The van der Waals surface area contributed by atoms with Crippen LogP contribution in [0, 0.1) is 0 Å². The van der Waals surface area contributed by atoms with E-state index in [1.807, 2.05) is 74.2 Å². The molecule has 3 atom stereocenters. The van der Waals surface area contributed by atoms with E-state index in [0.29, 0.717) is 18.9 Å². The Morgan fingerprint density at radius 3 is 2.30 bits per heavy atom. The lowest BCUT2D eigenvalue weighted by Gasteiger charge is -2.44. The van der Waals surface area contributed by atoms with Crippen molar-refractivity contribution in [2.24, 2.45) is 4.99 Å². The molecule has 1 heterocycles. The van der Waals surface area contributed by atoms with Crippen LogP contribution in [0.1, 0.15) is 44.9 Å². The van der Waals surface area contributed by atoms with E-state index in [2.05, 4.69) is 19.1 Å². The second-order valence-corrected chi connectivity index (χ2v) is 7.29. The maximum Gasteiger partial charge on any atom is 0.251 e. The summed E-state index contributed by atoms with van der Waals surface area (Å²) in [5.41, 5.74) is 1.33. The average Bonchev–Trinajstić information content (AvgIpc) is 2.68. The number of benzene rings is 2. The molecule has 0 aromatic heterocycles. The quantitative estimate of drug-likeness (QED) is 0.788. The summed E-state index contributed by atoms with van der Waals surface area (Å²) in [6.07, 6.45) is 0.550. The highest BCUT2D eigenvalue weighted by molar-refractivity contribution is 5.98. The molecule has 0 N–H and O–H groups in total. The summed E-state index contributed by atoms with van der Waals surface area (Å²) in [5.74, 6) is 0.678. The molecule has 0 radical (unpaired) electrons. The van der Waals surface area contributed by atoms with E-state index in [0.717, 1.165) is 11.1 Å². The van der Waals surface area contributed by atoms with Gasteiger partial charge in [-0.05, 0) is 38.8 Å². The third-order valence-corrected chi connectivity index (χ3v) is 5.21. The van der Waals surface area contributed by atoms with Crippen LogP contribution >= 0.6 is 0 Å². The summed E-state index contributed by atoms with van der Waals surface area (Å²) in [4.78, 5) is 20.3. The number of carbonyl (C=O) groups excluding carboxylic acids is 1. The Labute approximate surface area is 161 Å². The van der Waals surface area contributed by atoms with Crippen LogP contribution in [0.4, 0.5) is 0 Å². The smallest absolute Gasteiger partial charge is 0.251 e. The van der Waals surface area contributed by atoms with Crippen molar-refractivity contribution in [2.45, 2.75) is 51.7 Å². The molecule has 27 heavy (non-hydrogen) atoms. The standard InChI is InChI=1S/C23H28N2O2/c1-5-27-21-18(3)25(17(2)20-14-10-7-11-15-20)22(26)23(4,24-21)16-19-12-8-6-9-13-19/h6-15,17-18H,5,16H2,1-4H3/t17-,18-,23-/m1/s1. The van der Waals surface area contributed by atoms with E-state index in [9.17, 15) is 4.79 Å². The van der Waals surface area contributed by atoms with Crippen LogP contribution in [0.5, 0.6) is 0 Å². The number of amides is 1. The first-order chi connectivity index (χ1) is 13.0. The Kier molecular flexibility index (Phi) is 5.64. The molecule has 2 aromatic carbocycles. The average molecular weight is 364 g/mol. The van der Waals surface area contributed by atoms with E-state index in [1.165, 1.54) is 0 Å². The highest BCUT2D eigenvalue weighted by Gasteiger charge is 2.46. The normalized spacial score (nSPS) is 23.7. The van der Waals surface area contributed by atoms with Gasteiger partial charge in [0, 0.05) is 6.42 Å². The van der Waals surface area contributed by atoms with Crippen molar-refractivity contribution >= 4 is 11.8 Å². The van der Waals surface area contributed by atoms with Gasteiger partial charge in [0.2, 0.25) is 5.90 Å². The number of aliphatic imine (C=N–C) groups is 1. The van der Waals surface area contributed by atoms with Gasteiger partial charge in [-0.15, -0.1) is 0 Å². The predicted molar refractivity (Wildman–Crippen MR) is 109 cm³/mol. The highest BCUT2D eigenvalue weighted by atomic mass is 16.5. The van der Waals surface area contributed by atoms with Gasteiger partial charge in [-0.25, -0.2) is 4.99 Å². The molecular formula is C23H28N2O2. The maximum absolute atomic E-state index is 13.6. The fourth-order valence-electron chi connectivity index (χ4n) is 3.77. The Hall–Kier alpha value is -2.62. The van der Waals surface area contributed by atoms with Gasteiger partial charge >= 0.3 is 0 Å². The van der Waals surface area contributed by atoms with E-state index in [-0.39, 0.29) is 18.0 Å². The monoisotopic (exact) mass is 364 g/mol. The fourth-order valence-corrected chi connectivity index (χ4v) is 3.77. The van der Waals surface area contributed by atoms with E-state index in [4.69, 9.17) is 9.73 Å². The van der Waals surface area contributed by atoms with Gasteiger partial charge in [-0.3, -0.25) is 4.79 Å². The van der Waals surface area contributed by atoms with E-state index >= 15 is 0 Å². The van der Waals surface area contributed by atoms with Crippen molar-refractivity contribution in [3.63, 3.8) is 0 Å². The first-order valence-electron chi connectivity index (χ1n) is 9.60. The largest absolute Gasteiger partial charge is 0.480 e. The van der Waals surface area contributed by atoms with Gasteiger partial charge in [-0.1, -0.05) is 60.7 Å². The van der Waals surface area contributed by atoms with Gasteiger partial charge in [0.1, 0.15) is 11.6 Å². The minimum absolute atomic E-state index is 0.0404. The number of hydrogen-bond donors (Lipinski definition) is 0. The molecule has 3 rings (SSSR count). The second kappa shape index (κ2) is 7.95. The molecule has 0 saturated carbocycles. The van der Waals surface area contributed by atoms with Crippen molar-refractivity contribution in [1.82, 2.24) is 4.90 Å². The summed E-state index contributed by atoms with van der Waals surface area (Å²) in [7, 11) is 0. The van der Waals surface area contributed by atoms with Crippen LogP contribution in [-0.2, 0) is 16.0 Å². The van der Waals surface area contributed by atoms with Crippen LogP contribution in [0.25, 0.3) is 0 Å². The number of nitrogens with zero attached hydrogens (tertiary/aromatic N) is 2. The SMILES string of the molecule is CCOC1=N[C@](C)(Cc2ccccc2)C(=O)N([C@H](C)c2ccccc2)[C@@H]1C. The molecule has 1 amide bonds. The Bertz CT molecular complexity index is 804. The lowest BCUT2D eigenvalue weighted by atomic mass is 9.88. The van der Waals surface area contributed by atoms with E-state index < -0.39 is 5.54 Å². The molecule has 1 aliphatic rings.